The summed E-state index contributed by atoms with van der Waals surface area (Å²) in [5.41, 5.74) is 2.46. The minimum atomic E-state index is -0.852. The lowest BCUT2D eigenvalue weighted by Gasteiger charge is -2.27. The minimum Gasteiger partial charge on any atom is -0.496 e. The van der Waals surface area contributed by atoms with Gasteiger partial charge in [0.05, 0.1) is 12.8 Å². The highest BCUT2D eigenvalue weighted by atomic mass is 35.5. The number of hydrogen-bond acceptors (Lipinski definition) is 4. The van der Waals surface area contributed by atoms with Crippen LogP contribution in [-0.2, 0) is 16.0 Å². The van der Waals surface area contributed by atoms with Crippen LogP contribution < -0.4 is 15.0 Å². The average molecular weight is 479 g/mol. The lowest BCUT2D eigenvalue weighted by atomic mass is 10.00. The van der Waals surface area contributed by atoms with E-state index in [-0.39, 0.29) is 17.1 Å². The molecule has 0 spiro atoms. The van der Waals surface area contributed by atoms with E-state index < -0.39 is 17.8 Å². The number of methoxy groups -OCH3 is 1. The highest BCUT2D eigenvalue weighted by Gasteiger charge is 2.37. The van der Waals surface area contributed by atoms with Crippen molar-refractivity contribution in [1.82, 2.24) is 5.32 Å². The summed E-state index contributed by atoms with van der Waals surface area (Å²) >= 11 is 6.05. The smallest absolute Gasteiger partial charge is 0.335 e. The molecule has 0 bridgehead atoms. The zero-order valence-electron chi connectivity index (χ0n) is 18.4. The molecule has 34 heavy (non-hydrogen) atoms. The van der Waals surface area contributed by atoms with Crippen LogP contribution in [0.5, 0.6) is 5.75 Å². The standard InChI is InChI=1S/C26H20ClFN2O4/c1-15-7-10-19(27)14-22(15)30-25(32)20(24(31)29-26(30)33)11-16-8-9-18(23(12-16)34-2)13-17-5-3-4-6-21(17)28/h3-12,14H,13H2,1-2H3,(H,29,31,33)/b20-11+. The number of anilines is 1. The van der Waals surface area contributed by atoms with Gasteiger partial charge in [-0.25, -0.2) is 14.1 Å². The van der Waals surface area contributed by atoms with Gasteiger partial charge in [0.25, 0.3) is 11.8 Å². The molecule has 0 unspecified atom stereocenters. The maximum atomic E-state index is 14.1. The molecule has 1 saturated heterocycles. The van der Waals surface area contributed by atoms with E-state index >= 15 is 0 Å². The normalized spacial score (nSPS) is 15.0. The van der Waals surface area contributed by atoms with Crippen molar-refractivity contribution >= 4 is 41.2 Å². The van der Waals surface area contributed by atoms with Crippen molar-refractivity contribution in [1.29, 1.82) is 0 Å². The minimum absolute atomic E-state index is 0.220. The van der Waals surface area contributed by atoms with E-state index in [4.69, 9.17) is 16.3 Å². The largest absolute Gasteiger partial charge is 0.496 e. The van der Waals surface area contributed by atoms with Crippen molar-refractivity contribution in [2.45, 2.75) is 13.3 Å². The number of urea groups is 1. The zero-order valence-corrected chi connectivity index (χ0v) is 19.2. The van der Waals surface area contributed by atoms with Gasteiger partial charge in [-0.05, 0) is 59.5 Å². The zero-order chi connectivity index (χ0) is 24.4. The van der Waals surface area contributed by atoms with Crippen molar-refractivity contribution in [3.63, 3.8) is 0 Å². The van der Waals surface area contributed by atoms with Crippen molar-refractivity contribution < 1.29 is 23.5 Å². The molecular weight excluding hydrogens is 459 g/mol. The predicted octanol–water partition coefficient (Wildman–Crippen LogP) is 5.05. The van der Waals surface area contributed by atoms with Crippen molar-refractivity contribution in [3.05, 3.63) is 99.3 Å². The lowest BCUT2D eigenvalue weighted by Crippen LogP contribution is -2.54. The Kier molecular flexibility index (Phi) is 6.47. The summed E-state index contributed by atoms with van der Waals surface area (Å²) in [5.74, 6) is -1.42. The Morgan fingerprint density at radius 2 is 1.79 bits per heavy atom. The molecule has 1 fully saturated rings. The molecule has 1 aliphatic rings. The number of hydrogen-bond donors (Lipinski definition) is 1. The van der Waals surface area contributed by atoms with Gasteiger partial charge in [-0.2, -0.15) is 0 Å². The number of ether oxygens (including phenoxy) is 1. The molecule has 0 atom stereocenters. The second-order valence-corrected chi connectivity index (χ2v) is 8.16. The first-order valence-electron chi connectivity index (χ1n) is 10.4. The summed E-state index contributed by atoms with van der Waals surface area (Å²) < 4.78 is 19.5. The molecule has 1 aliphatic heterocycles. The molecule has 4 amide bonds. The fourth-order valence-corrected chi connectivity index (χ4v) is 3.88. The van der Waals surface area contributed by atoms with Gasteiger partial charge in [-0.1, -0.05) is 48.0 Å². The average Bonchev–Trinajstić information content (AvgIpc) is 2.81. The third kappa shape index (κ3) is 4.56. The second-order valence-electron chi connectivity index (χ2n) is 7.73. The Bertz CT molecular complexity index is 1350. The Hall–Kier alpha value is -3.97. The van der Waals surface area contributed by atoms with Crippen molar-refractivity contribution in [3.8, 4) is 5.75 Å². The van der Waals surface area contributed by atoms with Crippen LogP contribution in [0.2, 0.25) is 5.02 Å². The van der Waals surface area contributed by atoms with E-state index in [1.165, 1.54) is 25.3 Å². The Morgan fingerprint density at radius 1 is 1.03 bits per heavy atom. The van der Waals surface area contributed by atoms with Gasteiger partial charge in [0.2, 0.25) is 0 Å². The Morgan fingerprint density at radius 3 is 2.53 bits per heavy atom. The number of nitrogens with one attached hydrogen (secondary N) is 1. The third-order valence-corrected chi connectivity index (χ3v) is 5.71. The van der Waals surface area contributed by atoms with Crippen LogP contribution in [0.1, 0.15) is 22.3 Å². The fourth-order valence-electron chi connectivity index (χ4n) is 3.71. The van der Waals surface area contributed by atoms with Crippen LogP contribution in [0.4, 0.5) is 14.9 Å². The number of aryl methyl sites for hydroxylation is 1. The molecule has 1 heterocycles. The van der Waals surface area contributed by atoms with E-state index in [2.05, 4.69) is 5.32 Å². The molecular formula is C26H20ClFN2O4. The number of barbiturate groups is 1. The van der Waals surface area contributed by atoms with Gasteiger partial charge in [0, 0.05) is 11.4 Å². The van der Waals surface area contributed by atoms with Gasteiger partial charge < -0.3 is 4.74 Å². The number of imide groups is 2. The van der Waals surface area contributed by atoms with Crippen LogP contribution in [0.25, 0.3) is 6.08 Å². The number of carbonyl (C=O) groups excluding carboxylic acids is 3. The summed E-state index contributed by atoms with van der Waals surface area (Å²) in [6.07, 6.45) is 1.69. The first kappa shape index (κ1) is 23.2. The Labute approximate surface area is 200 Å². The van der Waals surface area contributed by atoms with Crippen molar-refractivity contribution in [2.75, 3.05) is 12.0 Å². The first-order valence-corrected chi connectivity index (χ1v) is 10.7. The monoisotopic (exact) mass is 478 g/mol. The van der Waals surface area contributed by atoms with Crippen molar-refractivity contribution in [2.24, 2.45) is 0 Å². The SMILES string of the molecule is COc1cc(/C=C2\C(=O)NC(=O)N(c3cc(Cl)ccc3C)C2=O)ccc1Cc1ccccc1F. The lowest BCUT2D eigenvalue weighted by molar-refractivity contribution is -0.122. The first-order chi connectivity index (χ1) is 16.3. The number of rotatable bonds is 5. The summed E-state index contributed by atoms with van der Waals surface area (Å²) in [5, 5.41) is 2.54. The molecule has 3 aromatic carbocycles. The van der Waals surface area contributed by atoms with Crippen LogP contribution in [0.15, 0.2) is 66.2 Å². The van der Waals surface area contributed by atoms with E-state index in [1.54, 1.807) is 55.5 Å². The highest BCUT2D eigenvalue weighted by Crippen LogP contribution is 2.29. The summed E-state index contributed by atoms with van der Waals surface area (Å²) in [6.45, 7) is 1.73. The van der Waals surface area contributed by atoms with Crippen LogP contribution in [0, 0.1) is 12.7 Å². The molecule has 6 nitrogen and oxygen atoms in total. The number of amides is 4. The number of benzene rings is 3. The van der Waals surface area contributed by atoms with Crippen LogP contribution in [0.3, 0.4) is 0 Å². The van der Waals surface area contributed by atoms with Crippen LogP contribution >= 0.6 is 11.6 Å². The maximum absolute atomic E-state index is 14.1. The highest BCUT2D eigenvalue weighted by molar-refractivity contribution is 6.39. The molecule has 0 aromatic heterocycles. The predicted molar refractivity (Wildman–Crippen MR) is 127 cm³/mol. The summed E-state index contributed by atoms with van der Waals surface area (Å²) in [6, 6.07) is 15.5. The van der Waals surface area contributed by atoms with Gasteiger partial charge in [-0.3, -0.25) is 14.9 Å². The summed E-state index contributed by atoms with van der Waals surface area (Å²) in [7, 11) is 1.48. The molecule has 1 N–H and O–H groups in total. The topological polar surface area (TPSA) is 75.7 Å². The molecule has 0 radical (unpaired) electrons. The van der Waals surface area contributed by atoms with E-state index in [1.807, 2.05) is 0 Å². The molecule has 3 aromatic rings. The quantitative estimate of drug-likeness (QED) is 0.411. The summed E-state index contributed by atoms with van der Waals surface area (Å²) in [4.78, 5) is 39.0. The van der Waals surface area contributed by atoms with Crippen LogP contribution in [-0.4, -0.2) is 25.0 Å². The fraction of sp³-hybridized carbons (Fsp3) is 0.115. The van der Waals surface area contributed by atoms with Gasteiger partial charge in [0.15, 0.2) is 0 Å². The molecule has 172 valence electrons. The van der Waals surface area contributed by atoms with E-state index in [0.29, 0.717) is 33.9 Å². The third-order valence-electron chi connectivity index (χ3n) is 5.47. The second kappa shape index (κ2) is 9.49. The number of nitrogens with zero attached hydrogens (tertiary/aromatic N) is 1. The Balaban J connectivity index is 1.69. The molecule has 8 heteroatoms. The van der Waals surface area contributed by atoms with Gasteiger partial charge in [0.1, 0.15) is 17.1 Å². The molecule has 0 saturated carbocycles. The van der Waals surface area contributed by atoms with E-state index in [9.17, 15) is 18.8 Å². The molecule has 4 rings (SSSR count). The van der Waals surface area contributed by atoms with Gasteiger partial charge in [-0.15, -0.1) is 0 Å². The maximum Gasteiger partial charge on any atom is 0.335 e. The van der Waals surface area contributed by atoms with E-state index in [0.717, 1.165) is 10.5 Å². The van der Waals surface area contributed by atoms with Gasteiger partial charge >= 0.3 is 6.03 Å². The molecule has 0 aliphatic carbocycles. The number of halogens is 2. The number of carbonyl (C=O) groups is 3.